The number of tetrazole rings is 1. The number of Topliss-reactive ketones (excluding diaryl/α,β-unsaturated/α-hetero) is 1. The highest BCUT2D eigenvalue weighted by molar-refractivity contribution is 5.91. The van der Waals surface area contributed by atoms with Gasteiger partial charge in [-0.2, -0.15) is 0 Å². The average Bonchev–Trinajstić information content (AvgIpc) is 4.01. The molecule has 2 atom stereocenters. The van der Waals surface area contributed by atoms with Crippen molar-refractivity contribution in [3.8, 4) is 22.5 Å². The number of hydrogen-bond acceptors (Lipinski definition) is 9. The van der Waals surface area contributed by atoms with Gasteiger partial charge in [0.15, 0.2) is 17.3 Å². The molecule has 0 bridgehead atoms. The van der Waals surface area contributed by atoms with E-state index in [4.69, 9.17) is 20.0 Å². The monoisotopic (exact) mass is 817 g/mol. The van der Waals surface area contributed by atoms with Crippen LogP contribution in [-0.2, 0) is 19.9 Å². The van der Waals surface area contributed by atoms with Crippen molar-refractivity contribution >= 4 is 28.3 Å². The fourth-order valence-corrected chi connectivity index (χ4v) is 9.22. The maximum absolute atomic E-state index is 14.2. The quantitative estimate of drug-likeness (QED) is 0.0847. The molecule has 62 heavy (non-hydrogen) atoms. The van der Waals surface area contributed by atoms with Crippen LogP contribution in [0.15, 0.2) is 176 Å². The Morgan fingerprint density at radius 2 is 1.35 bits per heavy atom. The molecule has 8 aromatic rings. The van der Waals surface area contributed by atoms with Crippen LogP contribution < -0.4 is 10.2 Å². The van der Waals surface area contributed by atoms with Crippen molar-refractivity contribution in [2.45, 2.75) is 49.9 Å². The first-order valence-corrected chi connectivity index (χ1v) is 21.1. The van der Waals surface area contributed by atoms with E-state index in [0.29, 0.717) is 31.6 Å². The standard InChI is InChI=1S/C52H47N7O3/c1-3-18-47(60)48(54-51(50(61)62-2)33-17-34-58(51)43-35-39-19-13-16-28-46(39)53-36-43)38-31-29-37(30-32-38)44-26-14-15-27-45(44)49-55-56-57-59(49)52(40-20-7-4-8-21-40,41-22-9-5-10-23-41)42-24-11-6-12-25-42/h4-16,19-32,35-36,48,54H,3,17-18,33-34H2,1-2H3/t48-,51-/m0/s1. The Hall–Kier alpha value is -7.30. The largest absolute Gasteiger partial charge is 0.466 e. The zero-order valence-corrected chi connectivity index (χ0v) is 34.8. The summed E-state index contributed by atoms with van der Waals surface area (Å²) in [6, 6.07) is 56.3. The molecule has 1 N–H and O–H groups in total. The molecule has 0 aliphatic carbocycles. The van der Waals surface area contributed by atoms with Gasteiger partial charge < -0.3 is 9.64 Å². The number of benzene rings is 6. The number of nitrogens with one attached hydrogen (secondary N) is 1. The SMILES string of the molecule is CCCC(=O)[C@@H](N[C@@]1(C(=O)OC)CCCN1c1cnc2ccccc2c1)c1ccc(-c2ccccc2-c2nnnn2C(c2ccccc2)(c2ccccc2)c2ccccc2)cc1. The van der Waals surface area contributed by atoms with Crippen molar-refractivity contribution in [2.75, 3.05) is 18.6 Å². The Balaban J connectivity index is 1.12. The lowest BCUT2D eigenvalue weighted by Gasteiger charge is -2.40. The first kappa shape index (κ1) is 40.1. The highest BCUT2D eigenvalue weighted by Gasteiger charge is 2.51. The second kappa shape index (κ2) is 17.4. The number of fused-ring (bicyclic) bond motifs is 1. The predicted octanol–water partition coefficient (Wildman–Crippen LogP) is 9.57. The molecule has 10 heteroatoms. The lowest BCUT2D eigenvalue weighted by molar-refractivity contribution is -0.148. The Labute approximate surface area is 361 Å². The number of ether oxygens (including phenoxy) is 1. The molecule has 0 amide bonds. The zero-order chi connectivity index (χ0) is 42.5. The molecule has 308 valence electrons. The molecule has 3 heterocycles. The molecular formula is C52H47N7O3. The molecule has 10 nitrogen and oxygen atoms in total. The summed E-state index contributed by atoms with van der Waals surface area (Å²) in [6.07, 6.45) is 3.98. The number of anilines is 1. The van der Waals surface area contributed by atoms with Crippen molar-refractivity contribution in [1.29, 1.82) is 0 Å². The second-order valence-corrected chi connectivity index (χ2v) is 15.7. The van der Waals surface area contributed by atoms with Crippen LogP contribution in [0, 0.1) is 0 Å². The van der Waals surface area contributed by atoms with E-state index in [1.165, 1.54) is 7.11 Å². The van der Waals surface area contributed by atoms with E-state index in [0.717, 1.165) is 62.0 Å². The molecule has 0 radical (unpaired) electrons. The maximum atomic E-state index is 14.2. The fourth-order valence-electron chi connectivity index (χ4n) is 9.22. The lowest BCUT2D eigenvalue weighted by atomic mass is 9.77. The van der Waals surface area contributed by atoms with Gasteiger partial charge in [0, 0.05) is 23.9 Å². The third-order valence-corrected chi connectivity index (χ3v) is 12.1. The number of pyridine rings is 1. The van der Waals surface area contributed by atoms with Gasteiger partial charge in [0.25, 0.3) is 0 Å². The topological polar surface area (TPSA) is 115 Å². The van der Waals surface area contributed by atoms with Gasteiger partial charge in [0.05, 0.1) is 30.6 Å². The number of nitrogens with zero attached hydrogens (tertiary/aromatic N) is 6. The molecule has 2 aromatic heterocycles. The number of para-hydroxylation sites is 1. The van der Waals surface area contributed by atoms with Crippen molar-refractivity contribution in [1.82, 2.24) is 30.5 Å². The highest BCUT2D eigenvalue weighted by atomic mass is 16.5. The summed E-state index contributed by atoms with van der Waals surface area (Å²) in [7, 11) is 1.40. The molecule has 1 saturated heterocycles. The van der Waals surface area contributed by atoms with Crippen LogP contribution in [0.3, 0.4) is 0 Å². The van der Waals surface area contributed by atoms with Crippen molar-refractivity contribution < 1.29 is 14.3 Å². The van der Waals surface area contributed by atoms with E-state index < -0.39 is 23.2 Å². The van der Waals surface area contributed by atoms with Gasteiger partial charge in [-0.1, -0.05) is 165 Å². The number of methoxy groups -OCH3 is 1. The number of aromatic nitrogens is 5. The van der Waals surface area contributed by atoms with E-state index in [2.05, 4.69) is 53.0 Å². The van der Waals surface area contributed by atoms with Crippen LogP contribution in [-0.4, -0.2) is 56.3 Å². The van der Waals surface area contributed by atoms with E-state index in [-0.39, 0.29) is 5.78 Å². The number of hydrogen-bond donors (Lipinski definition) is 1. The summed E-state index contributed by atoms with van der Waals surface area (Å²) in [5.74, 6) is 0.132. The molecule has 0 spiro atoms. The minimum atomic E-state index is -1.29. The predicted molar refractivity (Wildman–Crippen MR) is 242 cm³/mol. The molecule has 0 unspecified atom stereocenters. The van der Waals surface area contributed by atoms with E-state index >= 15 is 0 Å². The molecule has 1 aliphatic rings. The van der Waals surface area contributed by atoms with Crippen LogP contribution >= 0.6 is 0 Å². The van der Waals surface area contributed by atoms with Gasteiger partial charge in [-0.3, -0.25) is 15.1 Å². The van der Waals surface area contributed by atoms with Gasteiger partial charge in [0.1, 0.15) is 5.54 Å². The number of carbonyl (C=O) groups excluding carboxylic acids is 2. The summed E-state index contributed by atoms with van der Waals surface area (Å²) >= 11 is 0. The van der Waals surface area contributed by atoms with Gasteiger partial charge >= 0.3 is 5.97 Å². The number of esters is 1. The van der Waals surface area contributed by atoms with E-state index in [9.17, 15) is 9.59 Å². The van der Waals surface area contributed by atoms with Gasteiger partial charge in [-0.05, 0) is 75.2 Å². The van der Waals surface area contributed by atoms with Crippen LogP contribution in [0.1, 0.15) is 60.9 Å². The van der Waals surface area contributed by atoms with Gasteiger partial charge in [-0.25, -0.2) is 9.48 Å². The summed E-state index contributed by atoms with van der Waals surface area (Å²) < 4.78 is 7.44. The van der Waals surface area contributed by atoms with Crippen molar-refractivity contribution in [2.24, 2.45) is 0 Å². The molecule has 9 rings (SSSR count). The van der Waals surface area contributed by atoms with Gasteiger partial charge in [-0.15, -0.1) is 5.10 Å². The summed E-state index contributed by atoms with van der Waals surface area (Å²) in [4.78, 5) is 34.9. The third-order valence-electron chi connectivity index (χ3n) is 12.1. The first-order valence-electron chi connectivity index (χ1n) is 21.1. The molecular weight excluding hydrogens is 771 g/mol. The van der Waals surface area contributed by atoms with Gasteiger partial charge in [0.2, 0.25) is 0 Å². The van der Waals surface area contributed by atoms with Crippen LogP contribution in [0.4, 0.5) is 5.69 Å². The first-order chi connectivity index (χ1) is 30.5. The Bertz CT molecular complexity index is 2720. The fraction of sp³-hybridized carbons (Fsp3) is 0.192. The summed E-state index contributed by atoms with van der Waals surface area (Å²) in [5.41, 5.74) is 5.86. The number of carbonyl (C=O) groups is 2. The van der Waals surface area contributed by atoms with Crippen LogP contribution in [0.5, 0.6) is 0 Å². The average molecular weight is 818 g/mol. The minimum Gasteiger partial charge on any atom is -0.466 e. The van der Waals surface area contributed by atoms with Crippen molar-refractivity contribution in [3.63, 3.8) is 0 Å². The Kier molecular flexibility index (Phi) is 11.2. The Morgan fingerprint density at radius 3 is 1.98 bits per heavy atom. The van der Waals surface area contributed by atoms with Crippen molar-refractivity contribution in [3.05, 3.63) is 198 Å². The minimum absolute atomic E-state index is 0.00864. The lowest BCUT2D eigenvalue weighted by Crippen LogP contribution is -2.63. The van der Waals surface area contributed by atoms with E-state index in [1.54, 1.807) is 6.20 Å². The normalized spacial score (nSPS) is 15.7. The highest BCUT2D eigenvalue weighted by Crippen LogP contribution is 2.44. The Morgan fingerprint density at radius 1 is 0.758 bits per heavy atom. The van der Waals surface area contributed by atoms with E-state index in [1.807, 2.05) is 144 Å². The number of ketones is 1. The summed E-state index contributed by atoms with van der Waals surface area (Å²) in [5, 5.41) is 18.4. The molecule has 1 aliphatic heterocycles. The van der Waals surface area contributed by atoms with Crippen LogP contribution in [0.25, 0.3) is 33.4 Å². The summed E-state index contributed by atoms with van der Waals surface area (Å²) in [6.45, 7) is 2.58. The third kappa shape index (κ3) is 7.12. The molecule has 0 saturated carbocycles. The second-order valence-electron chi connectivity index (χ2n) is 15.7. The maximum Gasteiger partial charge on any atom is 0.347 e. The van der Waals surface area contributed by atoms with Crippen LogP contribution in [0.2, 0.25) is 0 Å². The molecule has 1 fully saturated rings. The molecule has 6 aromatic carbocycles. The smallest absolute Gasteiger partial charge is 0.347 e. The zero-order valence-electron chi connectivity index (χ0n) is 34.8. The number of rotatable bonds is 14.